The predicted octanol–water partition coefficient (Wildman–Crippen LogP) is 0.765. The summed E-state index contributed by atoms with van der Waals surface area (Å²) in [6, 6.07) is 1.71. The van der Waals surface area contributed by atoms with Gasteiger partial charge in [0.2, 0.25) is 5.91 Å². The molecule has 1 aliphatic carbocycles. The monoisotopic (exact) mass is 445 g/mol. The van der Waals surface area contributed by atoms with E-state index in [9.17, 15) is 14.4 Å². The number of aromatic nitrogens is 2. The third-order valence-electron chi connectivity index (χ3n) is 7.53. The third kappa shape index (κ3) is 3.49. The molecule has 174 valence electrons. The zero-order valence-corrected chi connectivity index (χ0v) is 18.8. The second-order valence-corrected chi connectivity index (χ2v) is 9.57. The van der Waals surface area contributed by atoms with Crippen LogP contribution in [0.25, 0.3) is 0 Å². The fourth-order valence-electron chi connectivity index (χ4n) is 5.24. The molecule has 1 aromatic heterocycles. The number of fused-ring (bicyclic) bond motifs is 1. The molecule has 1 saturated carbocycles. The molecule has 10 nitrogen and oxygen atoms in total. The van der Waals surface area contributed by atoms with Gasteiger partial charge in [-0.05, 0) is 19.8 Å². The average molecular weight is 446 g/mol. The number of hydrogen-bond donors (Lipinski definition) is 1. The largest absolute Gasteiger partial charge is 0.351 e. The van der Waals surface area contributed by atoms with Crippen molar-refractivity contribution in [1.29, 1.82) is 0 Å². The summed E-state index contributed by atoms with van der Waals surface area (Å²) in [6.45, 7) is 4.16. The summed E-state index contributed by atoms with van der Waals surface area (Å²) >= 11 is 0. The molecule has 3 amide bonds. The Kier molecular flexibility index (Phi) is 5.24. The maximum atomic E-state index is 13.1. The first-order valence-corrected chi connectivity index (χ1v) is 11.6. The Hall–Kier alpha value is -2.46. The predicted molar refractivity (Wildman–Crippen MR) is 113 cm³/mol. The molecule has 3 fully saturated rings. The van der Waals surface area contributed by atoms with E-state index in [0.717, 1.165) is 25.7 Å². The van der Waals surface area contributed by atoms with Crippen LogP contribution in [0.5, 0.6) is 0 Å². The molecule has 2 saturated heterocycles. The normalized spacial score (nSPS) is 27.8. The van der Waals surface area contributed by atoms with Crippen LogP contribution in [0.15, 0.2) is 6.07 Å². The topological polar surface area (TPSA) is 106 Å². The lowest BCUT2D eigenvalue weighted by Crippen LogP contribution is -2.63. The second kappa shape index (κ2) is 7.84. The maximum absolute atomic E-state index is 13.1. The number of nitrogens with zero attached hydrogens (tertiary/aromatic N) is 4. The summed E-state index contributed by atoms with van der Waals surface area (Å²) in [5, 5.41) is 7.55. The molecular weight excluding hydrogens is 414 g/mol. The molecule has 0 unspecified atom stereocenters. The molecule has 0 bridgehead atoms. The number of hydrogen-bond acceptors (Lipinski definition) is 6. The Morgan fingerprint density at radius 2 is 1.81 bits per heavy atom. The highest BCUT2D eigenvalue weighted by Crippen LogP contribution is 2.32. The summed E-state index contributed by atoms with van der Waals surface area (Å²) < 4.78 is 13.0. The Morgan fingerprint density at radius 3 is 2.47 bits per heavy atom. The van der Waals surface area contributed by atoms with Gasteiger partial charge in [0, 0.05) is 45.1 Å². The Bertz CT molecular complexity index is 923. The van der Waals surface area contributed by atoms with E-state index in [4.69, 9.17) is 9.47 Å². The van der Waals surface area contributed by atoms with E-state index in [-0.39, 0.29) is 36.0 Å². The van der Waals surface area contributed by atoms with Gasteiger partial charge in [0.15, 0.2) is 11.5 Å². The zero-order chi connectivity index (χ0) is 22.5. The van der Waals surface area contributed by atoms with Crippen LogP contribution in [-0.4, -0.2) is 88.0 Å². The summed E-state index contributed by atoms with van der Waals surface area (Å²) in [5.74, 6) is -1.26. The first-order chi connectivity index (χ1) is 15.3. The van der Waals surface area contributed by atoms with Crippen LogP contribution in [-0.2, 0) is 20.8 Å². The van der Waals surface area contributed by atoms with Crippen LogP contribution >= 0.6 is 0 Å². The van der Waals surface area contributed by atoms with Gasteiger partial charge in [0.1, 0.15) is 11.2 Å². The van der Waals surface area contributed by atoms with Gasteiger partial charge in [-0.1, -0.05) is 12.8 Å². The number of ether oxygens (including phenoxy) is 2. The SMILES string of the molecule is CN1C(=O)c2cc(C(=O)N3CCC4(CC3)OCCO4)nn2C[C@]1(C)C(=O)NC1CCCC1. The van der Waals surface area contributed by atoms with Crippen LogP contribution in [0.3, 0.4) is 0 Å². The van der Waals surface area contributed by atoms with E-state index >= 15 is 0 Å². The fraction of sp³-hybridized carbons (Fsp3) is 0.727. The average Bonchev–Trinajstić information content (AvgIpc) is 3.54. The molecule has 10 heteroatoms. The van der Waals surface area contributed by atoms with Crippen molar-refractivity contribution in [2.75, 3.05) is 33.4 Å². The van der Waals surface area contributed by atoms with E-state index in [1.165, 1.54) is 9.58 Å². The van der Waals surface area contributed by atoms with Crippen molar-refractivity contribution in [3.05, 3.63) is 17.5 Å². The van der Waals surface area contributed by atoms with Crippen molar-refractivity contribution in [1.82, 2.24) is 24.9 Å². The smallest absolute Gasteiger partial charge is 0.274 e. The molecule has 3 aliphatic heterocycles. The number of likely N-dealkylation sites (tertiary alicyclic amines) is 1. The number of rotatable bonds is 3. The first kappa shape index (κ1) is 21.4. The Labute approximate surface area is 187 Å². The number of piperidine rings is 1. The minimum absolute atomic E-state index is 0.161. The Morgan fingerprint density at radius 1 is 1.16 bits per heavy atom. The third-order valence-corrected chi connectivity index (χ3v) is 7.53. The van der Waals surface area contributed by atoms with E-state index in [1.807, 2.05) is 0 Å². The van der Waals surface area contributed by atoms with Crippen LogP contribution in [0.1, 0.15) is 66.4 Å². The van der Waals surface area contributed by atoms with Crippen molar-refractivity contribution in [2.45, 2.75) is 69.4 Å². The molecule has 1 atom stereocenters. The highest BCUT2D eigenvalue weighted by Gasteiger charge is 2.47. The standard InChI is InChI=1S/C22H31N5O5/c1-21(20(30)23-15-5-3-4-6-15)14-27-17(19(29)25(21)2)13-16(24-27)18(28)26-9-7-22(8-10-26)31-11-12-32-22/h13,15H,3-12,14H2,1-2H3,(H,23,30)/t21-/m1/s1. The van der Waals surface area contributed by atoms with Gasteiger partial charge >= 0.3 is 0 Å². The molecule has 32 heavy (non-hydrogen) atoms. The first-order valence-electron chi connectivity index (χ1n) is 11.6. The summed E-state index contributed by atoms with van der Waals surface area (Å²) in [7, 11) is 1.64. The fourth-order valence-corrected chi connectivity index (χ4v) is 5.24. The molecule has 1 N–H and O–H groups in total. The summed E-state index contributed by atoms with van der Waals surface area (Å²) in [4.78, 5) is 42.5. The number of nitrogens with one attached hydrogen (secondary N) is 1. The van der Waals surface area contributed by atoms with Gasteiger partial charge in [0.05, 0.1) is 19.8 Å². The molecule has 0 aromatic carbocycles. The minimum Gasteiger partial charge on any atom is -0.351 e. The lowest BCUT2D eigenvalue weighted by molar-refractivity contribution is -0.181. The highest BCUT2D eigenvalue weighted by molar-refractivity contribution is 6.01. The van der Waals surface area contributed by atoms with Gasteiger partial charge in [-0.15, -0.1) is 0 Å². The van der Waals surface area contributed by atoms with Crippen molar-refractivity contribution in [3.63, 3.8) is 0 Å². The van der Waals surface area contributed by atoms with Gasteiger partial charge in [-0.2, -0.15) is 5.10 Å². The number of carbonyl (C=O) groups is 3. The molecule has 4 aliphatic rings. The van der Waals surface area contributed by atoms with Crippen molar-refractivity contribution >= 4 is 17.7 Å². The van der Waals surface area contributed by atoms with Crippen molar-refractivity contribution < 1.29 is 23.9 Å². The van der Waals surface area contributed by atoms with Crippen LogP contribution in [0.2, 0.25) is 0 Å². The summed E-state index contributed by atoms with van der Waals surface area (Å²) in [5.41, 5.74) is -0.502. The molecular formula is C22H31N5O5. The highest BCUT2D eigenvalue weighted by atomic mass is 16.7. The van der Waals surface area contributed by atoms with Crippen LogP contribution in [0, 0.1) is 0 Å². The van der Waals surface area contributed by atoms with Gasteiger partial charge < -0.3 is 24.6 Å². The minimum atomic E-state index is -1.06. The van der Waals surface area contributed by atoms with E-state index < -0.39 is 11.3 Å². The van der Waals surface area contributed by atoms with E-state index in [0.29, 0.717) is 44.8 Å². The van der Waals surface area contributed by atoms with E-state index in [1.54, 1.807) is 24.9 Å². The van der Waals surface area contributed by atoms with Crippen LogP contribution in [0.4, 0.5) is 0 Å². The van der Waals surface area contributed by atoms with E-state index in [2.05, 4.69) is 10.4 Å². The van der Waals surface area contributed by atoms with Gasteiger partial charge in [-0.3, -0.25) is 19.1 Å². The van der Waals surface area contributed by atoms with Crippen LogP contribution < -0.4 is 5.32 Å². The maximum Gasteiger partial charge on any atom is 0.274 e. The second-order valence-electron chi connectivity index (χ2n) is 9.57. The van der Waals surface area contributed by atoms with Crippen molar-refractivity contribution in [2.24, 2.45) is 0 Å². The quantitative estimate of drug-likeness (QED) is 0.737. The Balaban J connectivity index is 1.31. The van der Waals surface area contributed by atoms with Gasteiger partial charge in [-0.25, -0.2) is 0 Å². The lowest BCUT2D eigenvalue weighted by atomic mass is 9.95. The zero-order valence-electron chi connectivity index (χ0n) is 18.8. The molecule has 0 radical (unpaired) electrons. The van der Waals surface area contributed by atoms with Gasteiger partial charge in [0.25, 0.3) is 11.8 Å². The molecule has 1 spiro atoms. The number of likely N-dealkylation sites (N-methyl/N-ethyl adjacent to an activating group) is 1. The number of amides is 3. The molecule has 4 heterocycles. The lowest BCUT2D eigenvalue weighted by Gasteiger charge is -2.41. The molecule has 1 aromatic rings. The van der Waals surface area contributed by atoms with Crippen molar-refractivity contribution in [3.8, 4) is 0 Å². The molecule has 5 rings (SSSR count). The summed E-state index contributed by atoms with van der Waals surface area (Å²) in [6.07, 6.45) is 5.40. The number of carbonyl (C=O) groups excluding carboxylic acids is 3.